The minimum absolute atomic E-state index is 0.0245. The number of aromatic nitrogens is 2. The summed E-state index contributed by atoms with van der Waals surface area (Å²) < 4.78 is 49.9. The summed E-state index contributed by atoms with van der Waals surface area (Å²) >= 11 is 5.91. The van der Waals surface area contributed by atoms with Gasteiger partial charge in [0, 0.05) is 6.20 Å². The van der Waals surface area contributed by atoms with Gasteiger partial charge in [-0.15, -0.1) is 0 Å². The highest BCUT2D eigenvalue weighted by Crippen LogP contribution is 2.40. The molecule has 9 nitrogen and oxygen atoms in total. The van der Waals surface area contributed by atoms with Gasteiger partial charge >= 0.3 is 12.3 Å². The number of hydrogen-bond donors (Lipinski definition) is 2. The third kappa shape index (κ3) is 4.44. The molecule has 32 heavy (non-hydrogen) atoms. The van der Waals surface area contributed by atoms with Crippen LogP contribution in [0.4, 0.5) is 23.8 Å². The van der Waals surface area contributed by atoms with Gasteiger partial charge < -0.3 is 15.2 Å². The van der Waals surface area contributed by atoms with Crippen molar-refractivity contribution in [3.05, 3.63) is 46.7 Å². The molecule has 0 radical (unpaired) electrons. The molecule has 1 amide bonds. The number of nitrogens with two attached hydrogens (primary N) is 1. The van der Waals surface area contributed by atoms with E-state index in [1.165, 1.54) is 37.4 Å². The van der Waals surface area contributed by atoms with Crippen molar-refractivity contribution in [2.45, 2.75) is 31.2 Å². The number of nitriles is 1. The molecule has 2 aromatic heterocycles. The van der Waals surface area contributed by atoms with E-state index in [0.717, 1.165) is 6.92 Å². The highest BCUT2D eigenvalue weighted by molar-refractivity contribution is 6.32. The van der Waals surface area contributed by atoms with Gasteiger partial charge in [0.05, 0.1) is 17.9 Å². The Bertz CT molecular complexity index is 1140. The minimum Gasteiger partial charge on any atom is -0.389 e. The van der Waals surface area contributed by atoms with Gasteiger partial charge in [0.1, 0.15) is 28.3 Å². The average molecular weight is 469 g/mol. The number of rotatable bonds is 3. The first-order valence-corrected chi connectivity index (χ1v) is 9.34. The summed E-state index contributed by atoms with van der Waals surface area (Å²) in [4.78, 5) is 24.2. The van der Waals surface area contributed by atoms with Crippen molar-refractivity contribution in [3.63, 3.8) is 0 Å². The van der Waals surface area contributed by atoms with Crippen LogP contribution in [0.25, 0.3) is 0 Å². The summed E-state index contributed by atoms with van der Waals surface area (Å²) in [6.07, 6.45) is -4.55. The molecule has 0 saturated heterocycles. The lowest BCUT2D eigenvalue weighted by atomic mass is 9.93. The average Bonchev–Trinajstić information content (AvgIpc) is 2.72. The van der Waals surface area contributed by atoms with Crippen LogP contribution in [0, 0.1) is 11.3 Å². The molecule has 2 atom stereocenters. The maximum absolute atomic E-state index is 13.3. The minimum atomic E-state index is -4.75. The molecule has 0 aromatic carbocycles. The van der Waals surface area contributed by atoms with Crippen molar-refractivity contribution < 1.29 is 27.4 Å². The van der Waals surface area contributed by atoms with E-state index in [1.54, 1.807) is 0 Å². The number of amidine groups is 1. The molecular formula is C19H16ClF3N6O3. The van der Waals surface area contributed by atoms with Crippen molar-refractivity contribution in [1.82, 2.24) is 9.97 Å². The number of ether oxygens (including phenoxy) is 2. The Morgan fingerprint density at radius 3 is 2.72 bits per heavy atom. The topological polar surface area (TPSA) is 136 Å². The second-order valence-electron chi connectivity index (χ2n) is 7.14. The number of pyridine rings is 2. The molecule has 1 aliphatic rings. The Labute approximate surface area is 185 Å². The molecule has 0 bridgehead atoms. The number of hydrogen-bond acceptors (Lipinski definition) is 8. The second-order valence-corrected chi connectivity index (χ2v) is 7.54. The lowest BCUT2D eigenvalue weighted by Crippen LogP contribution is -2.60. The van der Waals surface area contributed by atoms with E-state index in [4.69, 9.17) is 32.1 Å². The van der Waals surface area contributed by atoms with Gasteiger partial charge in [0.15, 0.2) is 0 Å². The quantitative estimate of drug-likeness (QED) is 0.703. The van der Waals surface area contributed by atoms with Crippen LogP contribution in [0.1, 0.15) is 25.1 Å². The van der Waals surface area contributed by atoms with Gasteiger partial charge in [-0.25, -0.2) is 14.8 Å². The number of carbonyl (C=O) groups is 1. The molecule has 0 fully saturated rings. The Morgan fingerprint density at radius 1 is 1.41 bits per heavy atom. The summed E-state index contributed by atoms with van der Waals surface area (Å²) in [5, 5.41) is 11.1. The predicted molar refractivity (Wildman–Crippen MR) is 107 cm³/mol. The number of carbonyl (C=O) groups excluding carboxylic acids is 1. The Morgan fingerprint density at radius 2 is 2.12 bits per heavy atom. The summed E-state index contributed by atoms with van der Waals surface area (Å²) in [5.74, 6) is -0.938. The van der Waals surface area contributed by atoms with Gasteiger partial charge in [-0.3, -0.25) is 10.3 Å². The van der Waals surface area contributed by atoms with Crippen LogP contribution in [0.15, 0.2) is 35.5 Å². The van der Waals surface area contributed by atoms with Crippen LogP contribution in [0.2, 0.25) is 5.02 Å². The molecule has 0 spiro atoms. The summed E-state index contributed by atoms with van der Waals surface area (Å²) in [7, 11) is 0. The molecule has 168 valence electrons. The zero-order valence-electron chi connectivity index (χ0n) is 16.7. The Balaban J connectivity index is 1.79. The van der Waals surface area contributed by atoms with E-state index in [1.807, 2.05) is 6.07 Å². The first kappa shape index (κ1) is 23.2. The fourth-order valence-electron chi connectivity index (χ4n) is 2.71. The lowest BCUT2D eigenvalue weighted by Gasteiger charge is -2.40. The smallest absolute Gasteiger partial charge is 0.389 e. The van der Waals surface area contributed by atoms with Crippen molar-refractivity contribution in [1.29, 1.82) is 5.26 Å². The van der Waals surface area contributed by atoms with Gasteiger partial charge in [-0.2, -0.15) is 18.4 Å². The summed E-state index contributed by atoms with van der Waals surface area (Å²) in [6, 6.07) is 7.56. The van der Waals surface area contributed by atoms with E-state index in [0.29, 0.717) is 0 Å². The third-order valence-electron chi connectivity index (χ3n) is 4.70. The number of nitrogens with zero attached hydrogens (tertiary/aromatic N) is 4. The SMILES string of the molecule is CC1(c2cccc(NC(=O)Oc3ncc(C#N)cc3Cl)n2)COC(C)(C(F)(F)F)C(N)=N1. The fraction of sp³-hybridized carbons (Fsp3) is 0.316. The first-order valence-electron chi connectivity index (χ1n) is 8.96. The zero-order valence-corrected chi connectivity index (χ0v) is 17.5. The maximum atomic E-state index is 13.3. The second kappa shape index (κ2) is 8.25. The first-order chi connectivity index (χ1) is 14.9. The van der Waals surface area contributed by atoms with E-state index >= 15 is 0 Å². The van der Waals surface area contributed by atoms with Crippen molar-refractivity contribution >= 4 is 29.3 Å². The normalized spacial score (nSPS) is 23.1. The molecule has 0 saturated carbocycles. The number of amides is 1. The number of nitrogens with one attached hydrogen (secondary N) is 1. The molecule has 13 heteroatoms. The number of alkyl halides is 3. The highest BCUT2D eigenvalue weighted by Gasteiger charge is 2.59. The number of aliphatic imine (C=N–C) groups is 1. The lowest BCUT2D eigenvalue weighted by molar-refractivity contribution is -0.249. The van der Waals surface area contributed by atoms with Crippen LogP contribution in [-0.4, -0.2) is 40.3 Å². The standard InChI is InChI=1S/C19H16ClF3N6O3/c1-17(9-31-18(2,15(25)29-17)19(21,22)23)12-4-3-5-13(27-12)28-16(30)32-14-11(20)6-10(7-24)8-26-14/h3-6,8H,9H2,1-2H3,(H2,25,29)(H,27,28,30). The van der Waals surface area contributed by atoms with Crippen LogP contribution in [0.5, 0.6) is 5.88 Å². The van der Waals surface area contributed by atoms with E-state index < -0.39 is 35.9 Å². The van der Waals surface area contributed by atoms with Crippen molar-refractivity contribution in [2.24, 2.45) is 10.7 Å². The van der Waals surface area contributed by atoms with Crippen LogP contribution >= 0.6 is 11.6 Å². The molecule has 1 aliphatic heterocycles. The Hall–Kier alpha value is -3.43. The Kier molecular flexibility index (Phi) is 5.99. The molecular weight excluding hydrogens is 453 g/mol. The van der Waals surface area contributed by atoms with Crippen LogP contribution in [0.3, 0.4) is 0 Å². The predicted octanol–water partition coefficient (Wildman–Crippen LogP) is 3.54. The molecule has 3 rings (SSSR count). The third-order valence-corrected chi connectivity index (χ3v) is 4.97. The van der Waals surface area contributed by atoms with Crippen molar-refractivity contribution in [3.8, 4) is 11.9 Å². The van der Waals surface area contributed by atoms with E-state index in [9.17, 15) is 18.0 Å². The van der Waals surface area contributed by atoms with Crippen molar-refractivity contribution in [2.75, 3.05) is 11.9 Å². The van der Waals surface area contributed by atoms with Gasteiger partial charge in [0.2, 0.25) is 11.5 Å². The monoisotopic (exact) mass is 468 g/mol. The maximum Gasteiger partial charge on any atom is 0.424 e. The van der Waals surface area contributed by atoms with E-state index in [-0.39, 0.29) is 28.0 Å². The summed E-state index contributed by atoms with van der Waals surface area (Å²) in [5.41, 5.74) is 1.95. The molecule has 3 heterocycles. The van der Waals surface area contributed by atoms with Gasteiger partial charge in [-0.1, -0.05) is 17.7 Å². The number of halogens is 4. The number of anilines is 1. The van der Waals surface area contributed by atoms with Crippen LogP contribution < -0.4 is 15.8 Å². The molecule has 3 N–H and O–H groups in total. The van der Waals surface area contributed by atoms with Gasteiger partial charge in [-0.05, 0) is 32.0 Å². The van der Waals surface area contributed by atoms with E-state index in [2.05, 4.69) is 20.3 Å². The fourth-order valence-corrected chi connectivity index (χ4v) is 2.91. The molecule has 2 unspecified atom stereocenters. The molecule has 0 aliphatic carbocycles. The summed E-state index contributed by atoms with van der Waals surface area (Å²) in [6.45, 7) is 1.85. The largest absolute Gasteiger partial charge is 0.424 e. The van der Waals surface area contributed by atoms with Gasteiger partial charge in [0.25, 0.3) is 0 Å². The zero-order chi connectivity index (χ0) is 23.7. The highest BCUT2D eigenvalue weighted by atomic mass is 35.5. The molecule has 2 aromatic rings. The van der Waals surface area contributed by atoms with Crippen LogP contribution in [-0.2, 0) is 10.3 Å².